The van der Waals surface area contributed by atoms with Crippen molar-refractivity contribution in [2.24, 2.45) is 0 Å². The van der Waals surface area contributed by atoms with Crippen LogP contribution in [0.15, 0.2) is 18.3 Å². The quantitative estimate of drug-likeness (QED) is 0.593. The van der Waals surface area contributed by atoms with Crippen molar-refractivity contribution in [3.05, 3.63) is 29.6 Å². The van der Waals surface area contributed by atoms with Crippen LogP contribution in [0.5, 0.6) is 0 Å². The van der Waals surface area contributed by atoms with Gasteiger partial charge >= 0.3 is 5.97 Å². The van der Waals surface area contributed by atoms with Gasteiger partial charge in [0.15, 0.2) is 11.9 Å². The Kier molecular flexibility index (Phi) is 4.96. The Labute approximate surface area is 96.7 Å². The summed E-state index contributed by atoms with van der Waals surface area (Å²) in [6, 6.07) is 3.52. The summed E-state index contributed by atoms with van der Waals surface area (Å²) in [7, 11) is 0. The van der Waals surface area contributed by atoms with Crippen molar-refractivity contribution in [1.82, 2.24) is 0 Å². The van der Waals surface area contributed by atoms with Gasteiger partial charge in [-0.3, -0.25) is 0 Å². The number of carboxylic acid groups (broad SMARTS) is 1. The molecule has 1 rings (SSSR count). The first-order valence-electron chi connectivity index (χ1n) is 5.88. The average Bonchev–Trinajstić information content (AvgIpc) is 2.26. The maximum Gasteiger partial charge on any atom is 0.341 e. The van der Waals surface area contributed by atoms with Gasteiger partial charge < -0.3 is 5.11 Å². The molecule has 0 saturated heterocycles. The first kappa shape index (κ1) is 12.7. The van der Waals surface area contributed by atoms with Gasteiger partial charge in [-0.2, -0.15) is 0 Å². The molecule has 1 N–H and O–H groups in total. The number of aryl methyl sites for hydroxylation is 2. The summed E-state index contributed by atoms with van der Waals surface area (Å²) in [5, 5.41) is 8.90. The van der Waals surface area contributed by atoms with Crippen LogP contribution < -0.4 is 4.57 Å². The number of carbonyl (C=O) groups is 1. The highest BCUT2D eigenvalue weighted by Gasteiger charge is 2.11. The molecule has 0 aliphatic carbocycles. The zero-order valence-electron chi connectivity index (χ0n) is 10.1. The number of aromatic carboxylic acids is 1. The van der Waals surface area contributed by atoms with Crippen LogP contribution in [-0.2, 0) is 6.54 Å². The van der Waals surface area contributed by atoms with Gasteiger partial charge in [0.25, 0.3) is 0 Å². The maximum atomic E-state index is 10.8. The van der Waals surface area contributed by atoms with Gasteiger partial charge in [-0.05, 0) is 12.5 Å². The van der Waals surface area contributed by atoms with E-state index in [0.29, 0.717) is 5.56 Å². The molecule has 0 saturated carbocycles. The van der Waals surface area contributed by atoms with Crippen LogP contribution >= 0.6 is 0 Å². The topological polar surface area (TPSA) is 41.2 Å². The summed E-state index contributed by atoms with van der Waals surface area (Å²) in [4.78, 5) is 10.8. The van der Waals surface area contributed by atoms with E-state index in [1.54, 1.807) is 12.3 Å². The van der Waals surface area contributed by atoms with E-state index in [4.69, 9.17) is 5.11 Å². The van der Waals surface area contributed by atoms with E-state index in [0.717, 1.165) is 18.7 Å². The Morgan fingerprint density at radius 1 is 1.31 bits per heavy atom. The van der Waals surface area contributed by atoms with Crippen molar-refractivity contribution < 1.29 is 14.5 Å². The highest BCUT2D eigenvalue weighted by Crippen LogP contribution is 2.01. The Bertz CT molecular complexity index is 361. The number of unbranched alkanes of at least 4 members (excludes halogenated alkanes) is 3. The third-order valence-corrected chi connectivity index (χ3v) is 2.75. The number of rotatable bonds is 6. The lowest BCUT2D eigenvalue weighted by Gasteiger charge is -2.01. The van der Waals surface area contributed by atoms with Crippen LogP contribution in [0.4, 0.5) is 0 Å². The third kappa shape index (κ3) is 3.65. The third-order valence-electron chi connectivity index (χ3n) is 2.75. The fraction of sp³-hybridized carbons (Fsp3) is 0.538. The van der Waals surface area contributed by atoms with Crippen LogP contribution in [0.3, 0.4) is 0 Å². The van der Waals surface area contributed by atoms with Crippen LogP contribution in [0.1, 0.15) is 48.7 Å². The van der Waals surface area contributed by atoms with Crippen LogP contribution in [0.2, 0.25) is 0 Å². The molecular formula is C13H20NO2+. The normalized spacial score (nSPS) is 10.4. The number of nitrogens with zero attached hydrogens (tertiary/aromatic N) is 1. The van der Waals surface area contributed by atoms with E-state index >= 15 is 0 Å². The fourth-order valence-electron chi connectivity index (χ4n) is 1.70. The lowest BCUT2D eigenvalue weighted by atomic mass is 10.2. The molecule has 16 heavy (non-hydrogen) atoms. The van der Waals surface area contributed by atoms with Gasteiger partial charge in [0, 0.05) is 19.4 Å². The fourth-order valence-corrected chi connectivity index (χ4v) is 1.70. The first-order chi connectivity index (χ1) is 7.65. The van der Waals surface area contributed by atoms with Crippen molar-refractivity contribution in [1.29, 1.82) is 0 Å². The molecule has 0 aliphatic heterocycles. The summed E-state index contributed by atoms with van der Waals surface area (Å²) < 4.78 is 2.03. The maximum absolute atomic E-state index is 10.8. The van der Waals surface area contributed by atoms with Crippen molar-refractivity contribution in [3.8, 4) is 0 Å². The molecule has 0 radical (unpaired) electrons. The summed E-state index contributed by atoms with van der Waals surface area (Å²) >= 11 is 0. The second kappa shape index (κ2) is 6.26. The number of carboxylic acids is 1. The highest BCUT2D eigenvalue weighted by atomic mass is 16.4. The molecule has 0 aliphatic rings. The summed E-state index contributed by atoms with van der Waals surface area (Å²) in [5.41, 5.74) is 1.47. The Morgan fingerprint density at radius 3 is 2.69 bits per heavy atom. The van der Waals surface area contributed by atoms with Crippen molar-refractivity contribution >= 4 is 5.97 Å². The molecule has 0 aromatic carbocycles. The molecule has 0 unspecified atom stereocenters. The largest absolute Gasteiger partial charge is 0.477 e. The zero-order chi connectivity index (χ0) is 12.0. The monoisotopic (exact) mass is 222 g/mol. The molecule has 0 fully saturated rings. The van der Waals surface area contributed by atoms with Crippen LogP contribution in [-0.4, -0.2) is 11.1 Å². The minimum Gasteiger partial charge on any atom is -0.477 e. The zero-order valence-corrected chi connectivity index (χ0v) is 10.1. The molecule has 0 amide bonds. The number of aromatic nitrogens is 1. The summed E-state index contributed by atoms with van der Waals surface area (Å²) in [6.45, 7) is 5.10. The Hall–Kier alpha value is -1.38. The predicted molar refractivity (Wildman–Crippen MR) is 62.5 cm³/mol. The molecule has 3 nitrogen and oxygen atoms in total. The standard InChI is InChI=1S/C13H19NO2/c1-3-4-5-6-9-14-10-12(13(15)16)8-7-11(14)2/h7-8,10H,3-6,9H2,1-2H3/p+1. The summed E-state index contributed by atoms with van der Waals surface area (Å²) in [5.74, 6) is -0.859. The van der Waals surface area contributed by atoms with Crippen LogP contribution in [0.25, 0.3) is 0 Å². The van der Waals surface area contributed by atoms with Crippen LogP contribution in [0, 0.1) is 6.92 Å². The van der Waals surface area contributed by atoms with E-state index < -0.39 is 5.97 Å². The van der Waals surface area contributed by atoms with E-state index in [2.05, 4.69) is 6.92 Å². The smallest absolute Gasteiger partial charge is 0.341 e. The van der Waals surface area contributed by atoms with Gasteiger partial charge in [0.1, 0.15) is 12.1 Å². The molecule has 0 bridgehead atoms. The molecule has 0 spiro atoms. The molecule has 3 heteroatoms. The Morgan fingerprint density at radius 2 is 2.06 bits per heavy atom. The lowest BCUT2D eigenvalue weighted by Crippen LogP contribution is -2.37. The van der Waals surface area contributed by atoms with E-state index in [-0.39, 0.29) is 0 Å². The van der Waals surface area contributed by atoms with Gasteiger partial charge in [0.05, 0.1) is 0 Å². The Balaban J connectivity index is 2.63. The average molecular weight is 222 g/mol. The van der Waals surface area contributed by atoms with E-state index in [1.165, 1.54) is 19.3 Å². The second-order valence-corrected chi connectivity index (χ2v) is 4.12. The molecule has 88 valence electrons. The minimum absolute atomic E-state index is 0.362. The summed E-state index contributed by atoms with van der Waals surface area (Å²) in [6.07, 6.45) is 6.52. The molecular weight excluding hydrogens is 202 g/mol. The van der Waals surface area contributed by atoms with Gasteiger partial charge in [-0.25, -0.2) is 9.36 Å². The minimum atomic E-state index is -0.859. The van der Waals surface area contributed by atoms with E-state index in [9.17, 15) is 4.79 Å². The second-order valence-electron chi connectivity index (χ2n) is 4.12. The van der Waals surface area contributed by atoms with Gasteiger partial charge in [-0.1, -0.05) is 19.8 Å². The van der Waals surface area contributed by atoms with Gasteiger partial charge in [0.2, 0.25) is 0 Å². The predicted octanol–water partition coefficient (Wildman–Crippen LogP) is 2.56. The first-order valence-corrected chi connectivity index (χ1v) is 5.88. The van der Waals surface area contributed by atoms with Crippen molar-refractivity contribution in [2.75, 3.05) is 0 Å². The number of pyridine rings is 1. The molecule has 1 heterocycles. The number of hydrogen-bond donors (Lipinski definition) is 1. The van der Waals surface area contributed by atoms with E-state index in [1.807, 2.05) is 17.6 Å². The van der Waals surface area contributed by atoms with Gasteiger partial charge in [-0.15, -0.1) is 0 Å². The number of hydrogen-bond acceptors (Lipinski definition) is 1. The lowest BCUT2D eigenvalue weighted by molar-refractivity contribution is -0.703. The molecule has 0 atom stereocenters. The SMILES string of the molecule is CCCCCC[n+]1cc(C(=O)O)ccc1C. The molecule has 1 aromatic heterocycles. The van der Waals surface area contributed by atoms with Crippen molar-refractivity contribution in [3.63, 3.8) is 0 Å². The highest BCUT2D eigenvalue weighted by molar-refractivity contribution is 5.86. The van der Waals surface area contributed by atoms with Crippen molar-refractivity contribution in [2.45, 2.75) is 46.1 Å². The molecule has 1 aromatic rings.